The predicted octanol–water partition coefficient (Wildman–Crippen LogP) is 1.53. The Balaban J connectivity index is 2.03. The molecule has 0 atom stereocenters. The molecule has 0 unspecified atom stereocenters. The van der Waals surface area contributed by atoms with Crippen LogP contribution in [0.15, 0.2) is 47.4 Å². The second kappa shape index (κ2) is 7.11. The van der Waals surface area contributed by atoms with E-state index in [1.165, 1.54) is 16.4 Å². The van der Waals surface area contributed by atoms with Gasteiger partial charge in [-0.25, -0.2) is 8.42 Å². The Labute approximate surface area is 146 Å². The van der Waals surface area contributed by atoms with E-state index in [-0.39, 0.29) is 10.6 Å². The molecule has 7 nitrogen and oxygen atoms in total. The highest BCUT2D eigenvalue weighted by Gasteiger charge is 2.29. The second-order valence-electron chi connectivity index (χ2n) is 5.57. The zero-order valence-corrected chi connectivity index (χ0v) is 14.3. The molecule has 2 aromatic carbocycles. The first-order valence-corrected chi connectivity index (χ1v) is 9.24. The summed E-state index contributed by atoms with van der Waals surface area (Å²) >= 11 is 0. The molecule has 0 saturated carbocycles. The summed E-state index contributed by atoms with van der Waals surface area (Å²) in [5, 5.41) is 12.3. The predicted molar refractivity (Wildman–Crippen MR) is 93.7 cm³/mol. The van der Waals surface area contributed by atoms with Crippen molar-refractivity contribution in [2.24, 2.45) is 0 Å². The van der Waals surface area contributed by atoms with Crippen LogP contribution in [-0.2, 0) is 10.0 Å². The van der Waals surface area contributed by atoms with Crippen molar-refractivity contribution < 1.29 is 13.2 Å². The number of nitrogens with zero attached hydrogens (tertiary/aromatic N) is 2. The maximum absolute atomic E-state index is 13.0. The molecular formula is C17H18N4O3S. The number of nitriles is 1. The molecule has 130 valence electrons. The van der Waals surface area contributed by atoms with Crippen molar-refractivity contribution >= 4 is 15.7 Å². The molecule has 3 N–H and O–H groups in total. The number of para-hydroxylation sites is 1. The molecular weight excluding hydrogens is 340 g/mol. The molecule has 8 heteroatoms. The number of benzene rings is 2. The Morgan fingerprint density at radius 2 is 1.84 bits per heavy atom. The number of ether oxygens (including phenoxy) is 1. The molecule has 1 aliphatic rings. The van der Waals surface area contributed by atoms with E-state index in [4.69, 9.17) is 10.5 Å². The number of hydrogen-bond acceptors (Lipinski definition) is 6. The summed E-state index contributed by atoms with van der Waals surface area (Å²) in [6, 6.07) is 13.2. The molecule has 25 heavy (non-hydrogen) atoms. The van der Waals surface area contributed by atoms with Crippen molar-refractivity contribution in [1.82, 2.24) is 9.62 Å². The summed E-state index contributed by atoms with van der Waals surface area (Å²) in [6.07, 6.45) is 0. The highest BCUT2D eigenvalue weighted by Crippen LogP contribution is 2.33. The Kier molecular flexibility index (Phi) is 4.90. The fourth-order valence-electron chi connectivity index (χ4n) is 2.60. The molecule has 3 rings (SSSR count). The van der Waals surface area contributed by atoms with E-state index < -0.39 is 10.0 Å². The molecule has 1 heterocycles. The summed E-state index contributed by atoms with van der Waals surface area (Å²) in [7, 11) is -3.75. The molecule has 2 aromatic rings. The van der Waals surface area contributed by atoms with Gasteiger partial charge in [-0.1, -0.05) is 12.1 Å². The zero-order chi connectivity index (χ0) is 17.9. The molecule has 0 aliphatic carbocycles. The molecule has 1 saturated heterocycles. The van der Waals surface area contributed by atoms with Crippen molar-refractivity contribution in [3.05, 3.63) is 48.0 Å². The molecule has 0 radical (unpaired) electrons. The average Bonchev–Trinajstić information content (AvgIpc) is 2.64. The van der Waals surface area contributed by atoms with Crippen molar-refractivity contribution in [3.8, 4) is 17.6 Å². The van der Waals surface area contributed by atoms with Gasteiger partial charge >= 0.3 is 0 Å². The zero-order valence-electron chi connectivity index (χ0n) is 13.5. The number of nitrogens with two attached hydrogens (primary N) is 1. The Morgan fingerprint density at radius 1 is 1.12 bits per heavy atom. The van der Waals surface area contributed by atoms with Gasteiger partial charge < -0.3 is 15.8 Å². The minimum Gasteiger partial charge on any atom is -0.455 e. The number of sulfonamides is 1. The van der Waals surface area contributed by atoms with E-state index >= 15 is 0 Å². The summed E-state index contributed by atoms with van der Waals surface area (Å²) in [6.45, 7) is 1.95. The molecule has 1 fully saturated rings. The van der Waals surface area contributed by atoms with Crippen molar-refractivity contribution in [2.75, 3.05) is 31.9 Å². The van der Waals surface area contributed by atoms with Crippen molar-refractivity contribution in [2.45, 2.75) is 4.90 Å². The molecule has 0 aromatic heterocycles. The number of anilines is 1. The Morgan fingerprint density at radius 3 is 2.56 bits per heavy atom. The SMILES string of the molecule is N#Cc1ccccc1Oc1ccc(N)cc1S(=O)(=O)N1CCNCC1. The fourth-order valence-corrected chi connectivity index (χ4v) is 4.19. The molecule has 1 aliphatic heterocycles. The topological polar surface area (TPSA) is 108 Å². The van der Waals surface area contributed by atoms with Crippen LogP contribution in [0.4, 0.5) is 5.69 Å². The van der Waals surface area contributed by atoms with Crippen LogP contribution in [0.3, 0.4) is 0 Å². The minimum atomic E-state index is -3.75. The van der Waals surface area contributed by atoms with E-state index in [2.05, 4.69) is 5.32 Å². The Bertz CT molecular complexity index is 916. The van der Waals surface area contributed by atoms with Gasteiger partial charge in [-0.3, -0.25) is 0 Å². The second-order valence-corrected chi connectivity index (χ2v) is 7.48. The van der Waals surface area contributed by atoms with E-state index in [0.717, 1.165) is 0 Å². The van der Waals surface area contributed by atoms with E-state index in [9.17, 15) is 13.7 Å². The van der Waals surface area contributed by atoms with Crippen LogP contribution >= 0.6 is 0 Å². The normalized spacial score (nSPS) is 15.5. The monoisotopic (exact) mass is 358 g/mol. The van der Waals surface area contributed by atoms with Crippen LogP contribution in [0, 0.1) is 11.3 Å². The highest BCUT2D eigenvalue weighted by molar-refractivity contribution is 7.89. The van der Waals surface area contributed by atoms with Crippen LogP contribution in [0.1, 0.15) is 5.56 Å². The van der Waals surface area contributed by atoms with Crippen LogP contribution in [-0.4, -0.2) is 38.9 Å². The third kappa shape index (κ3) is 3.58. The first kappa shape index (κ1) is 17.2. The lowest BCUT2D eigenvalue weighted by atomic mass is 10.2. The average molecular weight is 358 g/mol. The van der Waals surface area contributed by atoms with Gasteiger partial charge in [0.25, 0.3) is 0 Å². The smallest absolute Gasteiger partial charge is 0.246 e. The minimum absolute atomic E-state index is 0.00198. The third-order valence-electron chi connectivity index (χ3n) is 3.89. The summed E-state index contributed by atoms with van der Waals surface area (Å²) in [4.78, 5) is 0.00198. The maximum Gasteiger partial charge on any atom is 0.246 e. The van der Waals surface area contributed by atoms with E-state index in [1.54, 1.807) is 30.3 Å². The number of piperazine rings is 1. The van der Waals surface area contributed by atoms with Crippen LogP contribution in [0.2, 0.25) is 0 Å². The summed E-state index contributed by atoms with van der Waals surface area (Å²) in [5.74, 6) is 0.446. The number of hydrogen-bond donors (Lipinski definition) is 2. The number of nitrogen functional groups attached to an aromatic ring is 1. The lowest BCUT2D eigenvalue weighted by molar-refractivity contribution is 0.358. The largest absolute Gasteiger partial charge is 0.455 e. The summed E-state index contributed by atoms with van der Waals surface area (Å²) in [5.41, 5.74) is 6.45. The summed E-state index contributed by atoms with van der Waals surface area (Å²) < 4.78 is 33.2. The Hall–Kier alpha value is -2.60. The van der Waals surface area contributed by atoms with Gasteiger partial charge in [0.05, 0.1) is 5.56 Å². The van der Waals surface area contributed by atoms with Crippen LogP contribution < -0.4 is 15.8 Å². The molecule has 0 amide bonds. The van der Waals surface area contributed by atoms with Crippen molar-refractivity contribution in [3.63, 3.8) is 0 Å². The van der Waals surface area contributed by atoms with Crippen LogP contribution in [0.5, 0.6) is 11.5 Å². The van der Waals surface area contributed by atoms with Gasteiger partial charge in [0, 0.05) is 31.9 Å². The van der Waals surface area contributed by atoms with Crippen LogP contribution in [0.25, 0.3) is 0 Å². The lowest BCUT2D eigenvalue weighted by Crippen LogP contribution is -2.46. The van der Waals surface area contributed by atoms with Crippen molar-refractivity contribution in [1.29, 1.82) is 5.26 Å². The van der Waals surface area contributed by atoms with E-state index in [0.29, 0.717) is 43.2 Å². The fraction of sp³-hybridized carbons (Fsp3) is 0.235. The molecule has 0 spiro atoms. The quantitative estimate of drug-likeness (QED) is 0.802. The van der Waals surface area contributed by atoms with Gasteiger partial charge in [-0.15, -0.1) is 0 Å². The highest BCUT2D eigenvalue weighted by atomic mass is 32.2. The first-order chi connectivity index (χ1) is 12.0. The van der Waals surface area contributed by atoms with Gasteiger partial charge in [-0.2, -0.15) is 9.57 Å². The number of rotatable bonds is 4. The van der Waals surface area contributed by atoms with Gasteiger partial charge in [0.2, 0.25) is 10.0 Å². The van der Waals surface area contributed by atoms with Gasteiger partial charge in [-0.05, 0) is 30.3 Å². The van der Waals surface area contributed by atoms with E-state index in [1.807, 2.05) is 6.07 Å². The van der Waals surface area contributed by atoms with Gasteiger partial charge in [0.15, 0.2) is 0 Å². The maximum atomic E-state index is 13.0. The standard InChI is InChI=1S/C17H18N4O3S/c18-12-13-3-1-2-4-15(13)24-16-6-5-14(19)11-17(16)25(22,23)21-9-7-20-8-10-21/h1-6,11,20H,7-10,19H2. The van der Waals surface area contributed by atoms with Gasteiger partial charge in [0.1, 0.15) is 22.5 Å². The lowest BCUT2D eigenvalue weighted by Gasteiger charge is -2.27. The number of nitrogens with one attached hydrogen (secondary N) is 1. The first-order valence-electron chi connectivity index (χ1n) is 7.80. The molecule has 0 bridgehead atoms. The third-order valence-corrected chi connectivity index (χ3v) is 5.81.